The van der Waals surface area contributed by atoms with Gasteiger partial charge in [0.05, 0.1) is 18.4 Å². The number of imidazole rings is 1. The van der Waals surface area contributed by atoms with Crippen molar-refractivity contribution in [1.82, 2.24) is 20.2 Å². The fraction of sp³-hybridized carbons (Fsp3) is 0.542. The number of nitrogens with zero attached hydrogens (tertiary/aromatic N) is 2. The van der Waals surface area contributed by atoms with Crippen molar-refractivity contribution in [3.05, 3.63) is 40.8 Å². The molecule has 7 heteroatoms. The lowest BCUT2D eigenvalue weighted by molar-refractivity contribution is -0.142. The van der Waals surface area contributed by atoms with Gasteiger partial charge in [-0.2, -0.15) is 0 Å². The molecule has 0 unspecified atom stereocenters. The Bertz CT molecular complexity index is 920. The molecule has 0 saturated heterocycles. The van der Waals surface area contributed by atoms with Crippen LogP contribution in [-0.4, -0.2) is 45.3 Å². The molecule has 0 spiro atoms. The summed E-state index contributed by atoms with van der Waals surface area (Å²) in [6, 6.07) is 8.40. The summed E-state index contributed by atoms with van der Waals surface area (Å²) < 4.78 is 1.04. The van der Waals surface area contributed by atoms with Crippen LogP contribution >= 0.6 is 15.9 Å². The van der Waals surface area contributed by atoms with Crippen molar-refractivity contribution in [1.29, 1.82) is 0 Å². The first-order valence-electron chi connectivity index (χ1n) is 11.3. The number of aromatic amines is 1. The van der Waals surface area contributed by atoms with E-state index in [0.29, 0.717) is 6.04 Å². The predicted molar refractivity (Wildman–Crippen MR) is 124 cm³/mol. The largest absolute Gasteiger partial charge is 0.352 e. The molecule has 6 nitrogen and oxygen atoms in total. The van der Waals surface area contributed by atoms with E-state index in [9.17, 15) is 9.59 Å². The Morgan fingerprint density at radius 2 is 1.87 bits per heavy atom. The molecule has 2 saturated carbocycles. The van der Waals surface area contributed by atoms with E-state index in [-0.39, 0.29) is 36.2 Å². The Hall–Kier alpha value is -2.15. The van der Waals surface area contributed by atoms with Gasteiger partial charge in [0.1, 0.15) is 5.82 Å². The number of halogens is 1. The van der Waals surface area contributed by atoms with Gasteiger partial charge < -0.3 is 15.2 Å². The molecule has 2 fully saturated rings. The van der Waals surface area contributed by atoms with Crippen molar-refractivity contribution in [2.45, 2.75) is 70.4 Å². The number of benzene rings is 1. The second-order valence-electron chi connectivity index (χ2n) is 9.09. The van der Waals surface area contributed by atoms with Crippen LogP contribution in [0.15, 0.2) is 34.9 Å². The maximum Gasteiger partial charge on any atom is 0.239 e. The normalized spacial score (nSPS) is 21.2. The van der Waals surface area contributed by atoms with Gasteiger partial charge >= 0.3 is 0 Å². The monoisotopic (exact) mass is 486 g/mol. The van der Waals surface area contributed by atoms with E-state index >= 15 is 0 Å². The fourth-order valence-electron chi connectivity index (χ4n) is 4.44. The second kappa shape index (κ2) is 9.55. The zero-order chi connectivity index (χ0) is 22.0. The van der Waals surface area contributed by atoms with Crippen molar-refractivity contribution >= 4 is 27.7 Å². The first-order valence-corrected chi connectivity index (χ1v) is 12.1. The zero-order valence-electron chi connectivity index (χ0n) is 18.2. The quantitative estimate of drug-likeness (QED) is 0.598. The Kier molecular flexibility index (Phi) is 6.80. The minimum absolute atomic E-state index is 0.0186. The van der Waals surface area contributed by atoms with E-state index < -0.39 is 0 Å². The molecule has 0 radical (unpaired) electrons. The summed E-state index contributed by atoms with van der Waals surface area (Å²) in [6.07, 6.45) is 7.85. The van der Waals surface area contributed by atoms with E-state index in [1.165, 1.54) is 0 Å². The molecule has 2 N–H and O–H groups in total. The Morgan fingerprint density at radius 3 is 2.55 bits per heavy atom. The zero-order valence-corrected chi connectivity index (χ0v) is 19.8. The highest BCUT2D eigenvalue weighted by molar-refractivity contribution is 9.10. The summed E-state index contributed by atoms with van der Waals surface area (Å²) in [5.74, 6) is 0.814. The van der Waals surface area contributed by atoms with Gasteiger partial charge in [-0.25, -0.2) is 4.98 Å². The van der Waals surface area contributed by atoms with Crippen LogP contribution < -0.4 is 5.32 Å². The highest BCUT2D eigenvalue weighted by Crippen LogP contribution is 2.38. The van der Waals surface area contributed by atoms with Crippen LogP contribution in [0.4, 0.5) is 0 Å². The minimum atomic E-state index is -0.145. The molecule has 2 aliphatic rings. The minimum Gasteiger partial charge on any atom is -0.352 e. The number of hydrogen-bond donors (Lipinski definition) is 2. The number of nitrogens with one attached hydrogen (secondary N) is 2. The van der Waals surface area contributed by atoms with Crippen LogP contribution in [-0.2, 0) is 9.59 Å². The van der Waals surface area contributed by atoms with Crippen LogP contribution in [0.3, 0.4) is 0 Å². The maximum atomic E-state index is 13.6. The van der Waals surface area contributed by atoms with Gasteiger partial charge in [0, 0.05) is 28.4 Å². The summed E-state index contributed by atoms with van der Waals surface area (Å²) in [6.45, 7) is 4.11. The number of amides is 2. The van der Waals surface area contributed by atoms with Gasteiger partial charge in [-0.1, -0.05) is 40.9 Å². The molecule has 1 aromatic carbocycles. The fourth-order valence-corrected chi connectivity index (χ4v) is 4.70. The number of carbonyl (C=O) groups is 2. The molecule has 2 aromatic rings. The maximum absolute atomic E-state index is 13.6. The van der Waals surface area contributed by atoms with Crippen LogP contribution in [0.5, 0.6) is 0 Å². The van der Waals surface area contributed by atoms with E-state index in [4.69, 9.17) is 0 Å². The molecule has 166 valence electrons. The molecule has 2 atom stereocenters. The number of aromatic nitrogens is 2. The second-order valence-corrected chi connectivity index (χ2v) is 10.0. The molecular weight excluding hydrogens is 456 g/mol. The molecule has 2 amide bonds. The molecule has 2 aliphatic carbocycles. The van der Waals surface area contributed by atoms with Crippen molar-refractivity contribution in [2.24, 2.45) is 5.92 Å². The van der Waals surface area contributed by atoms with E-state index in [1.54, 1.807) is 4.90 Å². The number of H-pyrrole nitrogens is 1. The van der Waals surface area contributed by atoms with Crippen LogP contribution in [0.1, 0.15) is 64.1 Å². The lowest BCUT2D eigenvalue weighted by atomic mass is 9.77. The third-order valence-electron chi connectivity index (χ3n) is 6.35. The summed E-state index contributed by atoms with van der Waals surface area (Å²) in [4.78, 5) is 35.9. The standard InChI is InChI=1S/C24H31BrN4O2/c1-15(2)29(14-22(30)27-18-11-12-18)24(31)20-6-4-3-5-19(20)23-26-13-21(28-23)16-7-9-17(25)10-8-16/h7-10,13,15,18-20H,3-6,11-12,14H2,1-2H3,(H,26,28)(H,27,30)/t19-,20+/m1/s1. The molecule has 0 bridgehead atoms. The Balaban J connectivity index is 1.51. The molecule has 1 heterocycles. The van der Waals surface area contributed by atoms with Crippen LogP contribution in [0, 0.1) is 5.92 Å². The molecule has 31 heavy (non-hydrogen) atoms. The van der Waals surface area contributed by atoms with Gasteiger partial charge in [0.15, 0.2) is 0 Å². The van der Waals surface area contributed by atoms with Gasteiger partial charge in [-0.3, -0.25) is 9.59 Å². The van der Waals surface area contributed by atoms with E-state index in [0.717, 1.165) is 60.1 Å². The van der Waals surface area contributed by atoms with Gasteiger partial charge in [-0.05, 0) is 57.2 Å². The van der Waals surface area contributed by atoms with Gasteiger partial charge in [0.2, 0.25) is 11.8 Å². The highest BCUT2D eigenvalue weighted by atomic mass is 79.9. The van der Waals surface area contributed by atoms with Crippen molar-refractivity contribution in [2.75, 3.05) is 6.54 Å². The molecule has 1 aromatic heterocycles. The van der Waals surface area contributed by atoms with Gasteiger partial charge in [-0.15, -0.1) is 0 Å². The van der Waals surface area contributed by atoms with Gasteiger partial charge in [0.25, 0.3) is 0 Å². The highest BCUT2D eigenvalue weighted by Gasteiger charge is 2.37. The smallest absolute Gasteiger partial charge is 0.239 e. The summed E-state index contributed by atoms with van der Waals surface area (Å²) in [5, 5.41) is 3.01. The summed E-state index contributed by atoms with van der Waals surface area (Å²) in [5.41, 5.74) is 2.03. The lowest BCUT2D eigenvalue weighted by Gasteiger charge is -2.35. The third-order valence-corrected chi connectivity index (χ3v) is 6.88. The van der Waals surface area contributed by atoms with Crippen LogP contribution in [0.2, 0.25) is 0 Å². The molecular formula is C24H31BrN4O2. The number of hydrogen-bond acceptors (Lipinski definition) is 3. The summed E-state index contributed by atoms with van der Waals surface area (Å²) in [7, 11) is 0. The average Bonchev–Trinajstić information content (AvgIpc) is 3.43. The lowest BCUT2D eigenvalue weighted by Crippen LogP contribution is -2.48. The van der Waals surface area contributed by atoms with Crippen molar-refractivity contribution < 1.29 is 9.59 Å². The first-order chi connectivity index (χ1) is 14.9. The Morgan fingerprint density at radius 1 is 1.16 bits per heavy atom. The Labute approximate surface area is 192 Å². The third kappa shape index (κ3) is 5.37. The summed E-state index contributed by atoms with van der Waals surface area (Å²) >= 11 is 3.47. The topological polar surface area (TPSA) is 78.1 Å². The number of carbonyl (C=O) groups excluding carboxylic acids is 2. The molecule has 4 rings (SSSR count). The SMILES string of the molecule is CC(C)N(CC(=O)NC1CC1)C(=O)[C@H]1CCCC[C@H]1c1ncc(-c2ccc(Br)cc2)[nH]1. The van der Waals surface area contributed by atoms with E-state index in [1.807, 2.05) is 44.3 Å². The average molecular weight is 487 g/mol. The predicted octanol–water partition coefficient (Wildman–Crippen LogP) is 4.63. The van der Waals surface area contributed by atoms with E-state index in [2.05, 4.69) is 31.2 Å². The molecule has 0 aliphatic heterocycles. The van der Waals surface area contributed by atoms with Crippen molar-refractivity contribution in [3.8, 4) is 11.3 Å². The van der Waals surface area contributed by atoms with Crippen LogP contribution in [0.25, 0.3) is 11.3 Å². The van der Waals surface area contributed by atoms with Crippen molar-refractivity contribution in [3.63, 3.8) is 0 Å². The number of rotatable bonds is 7. The first kappa shape index (κ1) is 22.1.